The summed E-state index contributed by atoms with van der Waals surface area (Å²) in [5, 5.41) is 3.48. The Hall–Kier alpha value is -3.00. The SMILES string of the molecule is Cc1c(S)ncc(C2CN(C=O)CCC2c2ccc(F)cc2)c1Nc1cc(F)ccc1F. The number of hydrogen-bond acceptors (Lipinski definition) is 4. The minimum atomic E-state index is -0.595. The van der Waals surface area contributed by atoms with Gasteiger partial charge in [-0.15, -0.1) is 12.6 Å². The van der Waals surface area contributed by atoms with Crippen LogP contribution in [0.25, 0.3) is 0 Å². The number of thiol groups is 1. The summed E-state index contributed by atoms with van der Waals surface area (Å²) in [5.74, 6) is -1.70. The molecule has 0 spiro atoms. The topological polar surface area (TPSA) is 45.2 Å². The Labute approximate surface area is 189 Å². The molecule has 1 fully saturated rings. The van der Waals surface area contributed by atoms with Gasteiger partial charge in [0.05, 0.1) is 10.7 Å². The molecule has 0 bridgehead atoms. The minimum absolute atomic E-state index is 0.00494. The van der Waals surface area contributed by atoms with Crippen molar-refractivity contribution < 1.29 is 18.0 Å². The molecule has 2 aromatic carbocycles. The van der Waals surface area contributed by atoms with Crippen LogP contribution in [0, 0.1) is 24.4 Å². The van der Waals surface area contributed by atoms with Gasteiger partial charge in [0.15, 0.2) is 0 Å². The lowest BCUT2D eigenvalue weighted by Gasteiger charge is -2.38. The number of anilines is 2. The Morgan fingerprint density at radius 1 is 1.09 bits per heavy atom. The Bertz CT molecular complexity index is 1140. The van der Waals surface area contributed by atoms with Crippen molar-refractivity contribution in [2.24, 2.45) is 0 Å². The van der Waals surface area contributed by atoms with E-state index in [0.717, 1.165) is 35.7 Å². The molecule has 0 saturated carbocycles. The maximum absolute atomic E-state index is 14.4. The van der Waals surface area contributed by atoms with E-state index in [1.807, 2.05) is 0 Å². The standard InChI is InChI=1S/C24H22F3N3OS/c1-14-23(29-22-10-17(26)6-7-21(22)27)19(11-28-24(14)32)20-12-30(13-31)9-8-18(20)15-2-4-16(25)5-3-15/h2-7,10-11,13,18,20H,8-9,12H2,1H3,(H2,28,29,32). The van der Waals surface area contributed by atoms with Crippen molar-refractivity contribution in [1.29, 1.82) is 0 Å². The highest BCUT2D eigenvalue weighted by atomic mass is 32.1. The van der Waals surface area contributed by atoms with Gasteiger partial charge in [-0.05, 0) is 54.7 Å². The largest absolute Gasteiger partial charge is 0.352 e. The van der Waals surface area contributed by atoms with E-state index in [2.05, 4.69) is 22.9 Å². The number of benzene rings is 2. The van der Waals surface area contributed by atoms with Gasteiger partial charge in [-0.2, -0.15) is 0 Å². The first-order valence-corrected chi connectivity index (χ1v) is 10.7. The second-order valence-electron chi connectivity index (χ2n) is 7.94. The number of aromatic nitrogens is 1. The fraction of sp³-hybridized carbons (Fsp3) is 0.250. The lowest BCUT2D eigenvalue weighted by Crippen LogP contribution is -2.37. The molecule has 1 aliphatic rings. The highest BCUT2D eigenvalue weighted by molar-refractivity contribution is 7.80. The summed E-state index contributed by atoms with van der Waals surface area (Å²) in [4.78, 5) is 17.6. The molecule has 2 unspecified atom stereocenters. The van der Waals surface area contributed by atoms with Gasteiger partial charge in [0.2, 0.25) is 6.41 Å². The fourth-order valence-electron chi connectivity index (χ4n) is 4.29. The number of nitrogens with zero attached hydrogens (tertiary/aromatic N) is 2. The Balaban J connectivity index is 1.81. The summed E-state index contributed by atoms with van der Waals surface area (Å²) < 4.78 is 41.7. The van der Waals surface area contributed by atoms with Crippen LogP contribution in [0.5, 0.6) is 0 Å². The molecular formula is C24H22F3N3OS. The van der Waals surface area contributed by atoms with E-state index in [9.17, 15) is 18.0 Å². The third kappa shape index (κ3) is 4.46. The van der Waals surface area contributed by atoms with Gasteiger partial charge in [0.1, 0.15) is 17.5 Å². The van der Waals surface area contributed by atoms with Gasteiger partial charge >= 0.3 is 0 Å². The maximum Gasteiger partial charge on any atom is 0.209 e. The molecule has 1 aliphatic heterocycles. The molecule has 8 heteroatoms. The smallest absolute Gasteiger partial charge is 0.209 e. The van der Waals surface area contributed by atoms with Gasteiger partial charge in [-0.1, -0.05) is 12.1 Å². The van der Waals surface area contributed by atoms with Crippen molar-refractivity contribution >= 4 is 30.4 Å². The third-order valence-corrected chi connectivity index (χ3v) is 6.45. The highest BCUT2D eigenvalue weighted by Gasteiger charge is 2.33. The second kappa shape index (κ2) is 9.24. The summed E-state index contributed by atoms with van der Waals surface area (Å²) in [6.45, 7) is 2.78. The van der Waals surface area contributed by atoms with Crippen molar-refractivity contribution in [2.45, 2.75) is 30.2 Å². The van der Waals surface area contributed by atoms with Crippen LogP contribution in [0.3, 0.4) is 0 Å². The molecule has 4 nitrogen and oxygen atoms in total. The van der Waals surface area contributed by atoms with Crippen molar-refractivity contribution in [1.82, 2.24) is 9.88 Å². The summed E-state index contributed by atoms with van der Waals surface area (Å²) in [5.41, 5.74) is 2.94. The predicted molar refractivity (Wildman–Crippen MR) is 120 cm³/mol. The van der Waals surface area contributed by atoms with E-state index in [1.165, 1.54) is 12.1 Å². The zero-order chi connectivity index (χ0) is 22.8. The van der Waals surface area contributed by atoms with Crippen molar-refractivity contribution in [3.63, 3.8) is 0 Å². The number of carbonyl (C=O) groups excluding carboxylic acids is 1. The highest BCUT2D eigenvalue weighted by Crippen LogP contribution is 2.44. The summed E-state index contributed by atoms with van der Waals surface area (Å²) in [7, 11) is 0. The average Bonchev–Trinajstić information content (AvgIpc) is 2.79. The van der Waals surface area contributed by atoms with Gasteiger partial charge in [0.25, 0.3) is 0 Å². The number of rotatable bonds is 5. The first kappa shape index (κ1) is 22.2. The quantitative estimate of drug-likeness (QED) is 0.389. The molecular weight excluding hydrogens is 435 g/mol. The number of amides is 1. The maximum atomic E-state index is 14.4. The van der Waals surface area contributed by atoms with Crippen LogP contribution in [0.15, 0.2) is 53.7 Å². The van der Waals surface area contributed by atoms with Crippen LogP contribution < -0.4 is 5.32 Å². The number of carbonyl (C=O) groups is 1. The van der Waals surface area contributed by atoms with E-state index in [1.54, 1.807) is 30.2 Å². The second-order valence-corrected chi connectivity index (χ2v) is 8.36. The molecule has 1 aromatic heterocycles. The zero-order valence-electron chi connectivity index (χ0n) is 17.4. The van der Waals surface area contributed by atoms with Gasteiger partial charge in [-0.3, -0.25) is 4.79 Å². The monoisotopic (exact) mass is 457 g/mol. The molecule has 3 aromatic rings. The Kier molecular flexibility index (Phi) is 6.41. The molecule has 1 N–H and O–H groups in total. The van der Waals surface area contributed by atoms with E-state index >= 15 is 0 Å². The van der Waals surface area contributed by atoms with Gasteiger partial charge in [-0.25, -0.2) is 18.2 Å². The molecule has 1 amide bonds. The summed E-state index contributed by atoms with van der Waals surface area (Å²) in [6.07, 6.45) is 3.13. The summed E-state index contributed by atoms with van der Waals surface area (Å²) in [6, 6.07) is 9.53. The van der Waals surface area contributed by atoms with Crippen molar-refractivity contribution in [2.75, 3.05) is 18.4 Å². The van der Waals surface area contributed by atoms with Crippen LogP contribution in [0.1, 0.15) is 34.9 Å². The minimum Gasteiger partial charge on any atom is -0.352 e. The van der Waals surface area contributed by atoms with E-state index < -0.39 is 11.6 Å². The number of hydrogen-bond donors (Lipinski definition) is 2. The molecule has 0 aliphatic carbocycles. The molecule has 4 rings (SSSR count). The first-order valence-electron chi connectivity index (χ1n) is 10.2. The van der Waals surface area contributed by atoms with Crippen molar-refractivity contribution in [3.05, 3.63) is 82.8 Å². The fourth-order valence-corrected chi connectivity index (χ4v) is 4.46. The molecule has 1 saturated heterocycles. The lowest BCUT2D eigenvalue weighted by atomic mass is 9.76. The average molecular weight is 458 g/mol. The van der Waals surface area contributed by atoms with Crippen LogP contribution in [0.4, 0.5) is 24.5 Å². The van der Waals surface area contributed by atoms with E-state index in [0.29, 0.717) is 35.8 Å². The number of piperidine rings is 1. The predicted octanol–water partition coefficient (Wildman–Crippen LogP) is 5.57. The van der Waals surface area contributed by atoms with Crippen LogP contribution >= 0.6 is 12.6 Å². The van der Waals surface area contributed by atoms with Gasteiger partial charge in [0, 0.05) is 42.5 Å². The van der Waals surface area contributed by atoms with Crippen LogP contribution in [-0.2, 0) is 4.79 Å². The Morgan fingerprint density at radius 3 is 2.53 bits per heavy atom. The number of nitrogens with one attached hydrogen (secondary N) is 1. The normalized spacial score (nSPS) is 18.5. The van der Waals surface area contributed by atoms with Crippen LogP contribution in [0.2, 0.25) is 0 Å². The van der Waals surface area contributed by atoms with Crippen LogP contribution in [-0.4, -0.2) is 29.4 Å². The van der Waals surface area contributed by atoms with Gasteiger partial charge < -0.3 is 10.2 Å². The number of pyridine rings is 1. The molecule has 2 atom stereocenters. The van der Waals surface area contributed by atoms with Crippen molar-refractivity contribution in [3.8, 4) is 0 Å². The molecule has 0 radical (unpaired) electrons. The van der Waals surface area contributed by atoms with E-state index in [4.69, 9.17) is 0 Å². The first-order chi connectivity index (χ1) is 15.4. The lowest BCUT2D eigenvalue weighted by molar-refractivity contribution is -0.119. The third-order valence-electron chi connectivity index (χ3n) is 6.00. The molecule has 2 heterocycles. The zero-order valence-corrected chi connectivity index (χ0v) is 18.3. The number of likely N-dealkylation sites (tertiary alicyclic amines) is 1. The molecule has 32 heavy (non-hydrogen) atoms. The molecule has 166 valence electrons. The Morgan fingerprint density at radius 2 is 1.81 bits per heavy atom. The van der Waals surface area contributed by atoms with E-state index in [-0.39, 0.29) is 23.3 Å². The number of halogens is 3. The summed E-state index contributed by atoms with van der Waals surface area (Å²) >= 11 is 4.40.